The Balaban J connectivity index is 4.66. The lowest BCUT2D eigenvalue weighted by atomic mass is 9.69. The molecule has 1 heteroatoms. The van der Waals surface area contributed by atoms with Gasteiger partial charge in [-0.25, -0.2) is 0 Å². The van der Waals surface area contributed by atoms with E-state index in [1.165, 1.54) is 5.57 Å². The molecule has 0 saturated heterocycles. The Morgan fingerprint density at radius 3 is 2.06 bits per heavy atom. The molecule has 0 aliphatic carbocycles. The van der Waals surface area contributed by atoms with Crippen molar-refractivity contribution < 1.29 is 5.11 Å². The molecule has 2 atom stereocenters. The predicted octanol–water partition coefficient (Wildman–Crippen LogP) is 4.33. The fourth-order valence-corrected chi connectivity index (χ4v) is 2.01. The van der Waals surface area contributed by atoms with E-state index in [0.717, 1.165) is 12.8 Å². The summed E-state index contributed by atoms with van der Waals surface area (Å²) in [5.74, 6) is 0. The van der Waals surface area contributed by atoms with E-state index < -0.39 is 0 Å². The van der Waals surface area contributed by atoms with Crippen molar-refractivity contribution in [2.24, 2.45) is 10.8 Å². The minimum absolute atomic E-state index is 0.103. The van der Waals surface area contributed by atoms with Crippen LogP contribution in [-0.4, -0.2) is 11.2 Å². The minimum atomic E-state index is -0.358. The summed E-state index contributed by atoms with van der Waals surface area (Å²) in [6, 6.07) is 0. The van der Waals surface area contributed by atoms with Crippen molar-refractivity contribution in [1.82, 2.24) is 0 Å². The molecule has 0 amide bonds. The van der Waals surface area contributed by atoms with Crippen LogP contribution in [0, 0.1) is 10.8 Å². The Hall–Kier alpha value is -0.560. The van der Waals surface area contributed by atoms with E-state index in [4.69, 9.17) is 0 Å². The minimum Gasteiger partial charge on any atom is -0.392 e. The number of aliphatic hydroxyl groups excluding tert-OH is 1. The molecule has 94 valence electrons. The summed E-state index contributed by atoms with van der Waals surface area (Å²) in [4.78, 5) is 0. The Morgan fingerprint density at radius 2 is 1.75 bits per heavy atom. The highest BCUT2D eigenvalue weighted by Crippen LogP contribution is 2.38. The van der Waals surface area contributed by atoms with Crippen molar-refractivity contribution >= 4 is 0 Å². The van der Waals surface area contributed by atoms with Crippen molar-refractivity contribution in [1.29, 1.82) is 0 Å². The molecule has 2 unspecified atom stereocenters. The highest BCUT2D eigenvalue weighted by molar-refractivity contribution is 5.03. The molecule has 0 aromatic heterocycles. The van der Waals surface area contributed by atoms with Crippen molar-refractivity contribution in [3.63, 3.8) is 0 Å². The van der Waals surface area contributed by atoms with Gasteiger partial charge in [0, 0.05) is 5.41 Å². The fourth-order valence-electron chi connectivity index (χ4n) is 2.01. The quantitative estimate of drug-likeness (QED) is 0.689. The second-order valence-electron chi connectivity index (χ2n) is 6.30. The number of allylic oxidation sites excluding steroid dienone is 2. The highest BCUT2D eigenvalue weighted by atomic mass is 16.3. The smallest absolute Gasteiger partial charge is 0.0676 e. The van der Waals surface area contributed by atoms with E-state index >= 15 is 0 Å². The van der Waals surface area contributed by atoms with Crippen LogP contribution in [-0.2, 0) is 0 Å². The molecule has 0 radical (unpaired) electrons. The molecule has 1 N–H and O–H groups in total. The van der Waals surface area contributed by atoms with E-state index in [0.29, 0.717) is 0 Å². The van der Waals surface area contributed by atoms with E-state index in [1.54, 1.807) is 0 Å². The molecule has 0 saturated carbocycles. The molecular formula is C15H28O. The van der Waals surface area contributed by atoms with Crippen LogP contribution in [0.25, 0.3) is 0 Å². The highest BCUT2D eigenvalue weighted by Gasteiger charge is 2.37. The van der Waals surface area contributed by atoms with Crippen LogP contribution < -0.4 is 0 Å². The van der Waals surface area contributed by atoms with E-state index in [2.05, 4.69) is 54.2 Å². The predicted molar refractivity (Wildman–Crippen MR) is 72.4 cm³/mol. The van der Waals surface area contributed by atoms with E-state index in [-0.39, 0.29) is 16.9 Å². The lowest BCUT2D eigenvalue weighted by Gasteiger charge is -2.39. The summed E-state index contributed by atoms with van der Waals surface area (Å²) >= 11 is 0. The molecule has 0 aliphatic rings. The van der Waals surface area contributed by atoms with Crippen LogP contribution in [0.15, 0.2) is 24.3 Å². The largest absolute Gasteiger partial charge is 0.392 e. The van der Waals surface area contributed by atoms with Crippen LogP contribution in [0.3, 0.4) is 0 Å². The summed E-state index contributed by atoms with van der Waals surface area (Å²) in [6.07, 6.45) is 5.71. The molecule has 0 spiro atoms. The molecule has 0 rings (SSSR count). The molecule has 0 aliphatic heterocycles. The van der Waals surface area contributed by atoms with Crippen molar-refractivity contribution in [3.05, 3.63) is 24.3 Å². The van der Waals surface area contributed by atoms with Gasteiger partial charge in [0.2, 0.25) is 0 Å². The van der Waals surface area contributed by atoms with Crippen LogP contribution in [0.1, 0.15) is 54.4 Å². The zero-order valence-corrected chi connectivity index (χ0v) is 11.8. The van der Waals surface area contributed by atoms with Crippen LogP contribution >= 0.6 is 0 Å². The van der Waals surface area contributed by atoms with Gasteiger partial charge in [-0.05, 0) is 32.1 Å². The fraction of sp³-hybridized carbons (Fsp3) is 0.733. The SMILES string of the molecule is C=CC(C)(CCC=C(C)C)C(O)C(C)(C)C. The monoisotopic (exact) mass is 224 g/mol. The average molecular weight is 224 g/mol. The zero-order chi connectivity index (χ0) is 13.0. The van der Waals surface area contributed by atoms with Gasteiger partial charge in [0.1, 0.15) is 0 Å². The van der Waals surface area contributed by atoms with Gasteiger partial charge in [-0.1, -0.05) is 45.4 Å². The molecule has 0 bridgehead atoms. The van der Waals surface area contributed by atoms with Crippen molar-refractivity contribution in [2.45, 2.75) is 60.5 Å². The van der Waals surface area contributed by atoms with Gasteiger partial charge in [0.05, 0.1) is 6.10 Å². The third-order valence-corrected chi connectivity index (χ3v) is 3.15. The van der Waals surface area contributed by atoms with Gasteiger partial charge in [0.25, 0.3) is 0 Å². The Morgan fingerprint density at radius 1 is 1.25 bits per heavy atom. The number of aliphatic hydroxyl groups is 1. The van der Waals surface area contributed by atoms with Crippen LogP contribution in [0.2, 0.25) is 0 Å². The van der Waals surface area contributed by atoms with Crippen molar-refractivity contribution in [3.8, 4) is 0 Å². The third-order valence-electron chi connectivity index (χ3n) is 3.15. The van der Waals surface area contributed by atoms with Gasteiger partial charge < -0.3 is 5.11 Å². The maximum atomic E-state index is 10.4. The molecular weight excluding hydrogens is 196 g/mol. The Labute approximate surface area is 101 Å². The summed E-state index contributed by atoms with van der Waals surface area (Å²) in [5, 5.41) is 10.4. The Bertz CT molecular complexity index is 253. The molecule has 16 heavy (non-hydrogen) atoms. The molecule has 1 nitrogen and oxygen atoms in total. The zero-order valence-electron chi connectivity index (χ0n) is 11.8. The lowest BCUT2D eigenvalue weighted by molar-refractivity contribution is -0.0206. The first-order chi connectivity index (χ1) is 7.13. The maximum Gasteiger partial charge on any atom is 0.0676 e. The maximum absolute atomic E-state index is 10.4. The van der Waals surface area contributed by atoms with Gasteiger partial charge in [-0.2, -0.15) is 0 Å². The second-order valence-corrected chi connectivity index (χ2v) is 6.30. The number of hydrogen-bond donors (Lipinski definition) is 1. The molecule has 0 aromatic rings. The van der Waals surface area contributed by atoms with E-state index in [1.807, 2.05) is 6.08 Å². The topological polar surface area (TPSA) is 20.2 Å². The lowest BCUT2D eigenvalue weighted by Crippen LogP contribution is -2.40. The number of hydrogen-bond acceptors (Lipinski definition) is 1. The second kappa shape index (κ2) is 5.67. The summed E-state index contributed by atoms with van der Waals surface area (Å²) in [6.45, 7) is 16.4. The van der Waals surface area contributed by atoms with Gasteiger partial charge in [-0.3, -0.25) is 0 Å². The van der Waals surface area contributed by atoms with Crippen molar-refractivity contribution in [2.75, 3.05) is 0 Å². The summed E-state index contributed by atoms with van der Waals surface area (Å²) < 4.78 is 0. The van der Waals surface area contributed by atoms with Gasteiger partial charge in [0.15, 0.2) is 0 Å². The first kappa shape index (κ1) is 15.4. The normalized spacial score (nSPS) is 17.4. The molecule has 0 fully saturated rings. The van der Waals surface area contributed by atoms with Crippen LogP contribution in [0.5, 0.6) is 0 Å². The molecule has 0 aromatic carbocycles. The first-order valence-electron chi connectivity index (χ1n) is 6.08. The average Bonchev–Trinajstić information content (AvgIpc) is 2.14. The van der Waals surface area contributed by atoms with Gasteiger partial charge in [-0.15, -0.1) is 6.58 Å². The third kappa shape index (κ3) is 4.52. The molecule has 0 heterocycles. The van der Waals surface area contributed by atoms with Crippen LogP contribution in [0.4, 0.5) is 0 Å². The number of rotatable bonds is 5. The summed E-state index contributed by atoms with van der Waals surface area (Å²) in [5.41, 5.74) is 1.02. The van der Waals surface area contributed by atoms with E-state index in [9.17, 15) is 5.11 Å². The first-order valence-corrected chi connectivity index (χ1v) is 6.08. The van der Waals surface area contributed by atoms with Gasteiger partial charge >= 0.3 is 0 Å². The standard InChI is InChI=1S/C15H28O/c1-8-15(7,11-9-10-12(2)3)13(16)14(4,5)6/h8,10,13,16H,1,9,11H2,2-7H3. The summed E-state index contributed by atoms with van der Waals surface area (Å²) in [7, 11) is 0. The Kier molecular flexibility index (Phi) is 5.48.